The van der Waals surface area contributed by atoms with E-state index in [4.69, 9.17) is 0 Å². The molecule has 0 aliphatic rings. The van der Waals surface area contributed by atoms with Gasteiger partial charge in [0, 0.05) is 18.1 Å². The Bertz CT molecular complexity index is 890. The van der Waals surface area contributed by atoms with Gasteiger partial charge in [-0.2, -0.15) is 0 Å². The van der Waals surface area contributed by atoms with E-state index in [0.717, 1.165) is 10.0 Å². The second kappa shape index (κ2) is 7.14. The Labute approximate surface area is 153 Å². The van der Waals surface area contributed by atoms with E-state index in [2.05, 4.69) is 26.0 Å². The van der Waals surface area contributed by atoms with Gasteiger partial charge in [0.2, 0.25) is 5.82 Å². The Morgan fingerprint density at radius 3 is 2.44 bits per heavy atom. The highest BCUT2D eigenvalue weighted by molar-refractivity contribution is 9.10. The molecular formula is C18H16BrFN4O. The van der Waals surface area contributed by atoms with Gasteiger partial charge in [-0.25, -0.2) is 14.1 Å². The summed E-state index contributed by atoms with van der Waals surface area (Å²) in [5, 5.41) is 4.27. The molecule has 1 aromatic heterocycles. The predicted molar refractivity (Wildman–Crippen MR) is 96.0 cm³/mol. The largest absolute Gasteiger partial charge is 0.335 e. The van der Waals surface area contributed by atoms with Crippen molar-refractivity contribution in [3.05, 3.63) is 76.0 Å². The zero-order chi connectivity index (χ0) is 18.0. The van der Waals surface area contributed by atoms with Crippen molar-refractivity contribution in [2.24, 2.45) is 0 Å². The van der Waals surface area contributed by atoms with Crippen LogP contribution in [0.2, 0.25) is 0 Å². The molecule has 3 aromatic rings. The zero-order valence-corrected chi connectivity index (χ0v) is 15.4. The molecular weight excluding hydrogens is 387 g/mol. The summed E-state index contributed by atoms with van der Waals surface area (Å²) in [6.07, 6.45) is 0. The van der Waals surface area contributed by atoms with Gasteiger partial charge in [0.25, 0.3) is 5.91 Å². The summed E-state index contributed by atoms with van der Waals surface area (Å²) in [6.45, 7) is 2.21. The van der Waals surface area contributed by atoms with E-state index in [1.807, 2.05) is 24.3 Å². The summed E-state index contributed by atoms with van der Waals surface area (Å²) in [5.41, 5.74) is 1.66. The van der Waals surface area contributed by atoms with Gasteiger partial charge in [-0.05, 0) is 48.9 Å². The van der Waals surface area contributed by atoms with Crippen molar-refractivity contribution >= 4 is 21.8 Å². The van der Waals surface area contributed by atoms with Gasteiger partial charge in [-0.15, -0.1) is 5.10 Å². The Kier molecular flexibility index (Phi) is 4.94. The number of hydrogen-bond acceptors (Lipinski definition) is 3. The highest BCUT2D eigenvalue weighted by Gasteiger charge is 2.19. The minimum Gasteiger partial charge on any atom is -0.335 e. The number of carbonyl (C=O) groups is 1. The van der Waals surface area contributed by atoms with Crippen LogP contribution in [0.25, 0.3) is 5.69 Å². The SMILES string of the molecule is Cc1nc(C(=O)N(C)Cc2ccc(Br)cc2)nn1-c1ccc(F)cc1. The van der Waals surface area contributed by atoms with Crippen LogP contribution in [0.4, 0.5) is 4.39 Å². The maximum atomic E-state index is 13.1. The second-order valence-electron chi connectivity index (χ2n) is 5.66. The van der Waals surface area contributed by atoms with E-state index in [1.165, 1.54) is 16.8 Å². The molecule has 0 unspecified atom stereocenters. The number of amides is 1. The molecule has 0 saturated heterocycles. The molecule has 0 atom stereocenters. The van der Waals surface area contributed by atoms with Crippen molar-refractivity contribution in [3.63, 3.8) is 0 Å². The smallest absolute Gasteiger partial charge is 0.293 e. The van der Waals surface area contributed by atoms with Gasteiger partial charge >= 0.3 is 0 Å². The third-order valence-corrected chi connectivity index (χ3v) is 4.24. The molecule has 0 aliphatic carbocycles. The molecule has 3 rings (SSSR count). The molecule has 0 bridgehead atoms. The predicted octanol–water partition coefficient (Wildman–Crippen LogP) is 3.75. The van der Waals surface area contributed by atoms with Crippen molar-refractivity contribution < 1.29 is 9.18 Å². The minimum absolute atomic E-state index is 0.112. The van der Waals surface area contributed by atoms with Gasteiger partial charge in [-0.1, -0.05) is 28.1 Å². The molecule has 5 nitrogen and oxygen atoms in total. The van der Waals surface area contributed by atoms with Gasteiger partial charge < -0.3 is 4.90 Å². The number of hydrogen-bond donors (Lipinski definition) is 0. The summed E-state index contributed by atoms with van der Waals surface area (Å²) in [5.74, 6) is 0.0763. The van der Waals surface area contributed by atoms with Crippen molar-refractivity contribution in [1.29, 1.82) is 0 Å². The van der Waals surface area contributed by atoms with E-state index in [-0.39, 0.29) is 17.5 Å². The summed E-state index contributed by atoms with van der Waals surface area (Å²) in [4.78, 5) is 18.4. The highest BCUT2D eigenvalue weighted by Crippen LogP contribution is 2.14. The van der Waals surface area contributed by atoms with E-state index in [0.29, 0.717) is 18.1 Å². The molecule has 0 spiro atoms. The first-order valence-electron chi connectivity index (χ1n) is 7.63. The van der Waals surface area contributed by atoms with Crippen LogP contribution >= 0.6 is 15.9 Å². The molecule has 1 amide bonds. The molecule has 0 aliphatic heterocycles. The van der Waals surface area contributed by atoms with Crippen LogP contribution in [0.3, 0.4) is 0 Å². The minimum atomic E-state index is -0.327. The Morgan fingerprint density at radius 2 is 1.80 bits per heavy atom. The Morgan fingerprint density at radius 1 is 1.16 bits per heavy atom. The Hall–Kier alpha value is -2.54. The summed E-state index contributed by atoms with van der Waals surface area (Å²) in [7, 11) is 1.71. The fourth-order valence-corrected chi connectivity index (χ4v) is 2.68. The van der Waals surface area contributed by atoms with Crippen LogP contribution in [-0.2, 0) is 6.54 Å². The number of carbonyl (C=O) groups excluding carboxylic acids is 1. The third kappa shape index (κ3) is 3.93. The van der Waals surface area contributed by atoms with Crippen molar-refractivity contribution in [2.45, 2.75) is 13.5 Å². The first kappa shape index (κ1) is 17.3. The lowest BCUT2D eigenvalue weighted by atomic mass is 10.2. The normalized spacial score (nSPS) is 10.7. The molecule has 1 heterocycles. The van der Waals surface area contributed by atoms with Crippen LogP contribution < -0.4 is 0 Å². The fourth-order valence-electron chi connectivity index (χ4n) is 2.41. The third-order valence-electron chi connectivity index (χ3n) is 3.71. The Balaban J connectivity index is 1.79. The van der Waals surface area contributed by atoms with E-state index < -0.39 is 0 Å². The monoisotopic (exact) mass is 402 g/mol. The van der Waals surface area contributed by atoms with Crippen LogP contribution in [0.5, 0.6) is 0 Å². The van der Waals surface area contributed by atoms with E-state index in [9.17, 15) is 9.18 Å². The van der Waals surface area contributed by atoms with Gasteiger partial charge in [-0.3, -0.25) is 4.79 Å². The molecule has 128 valence electrons. The number of nitrogens with zero attached hydrogens (tertiary/aromatic N) is 4. The van der Waals surface area contributed by atoms with Crippen molar-refractivity contribution in [2.75, 3.05) is 7.05 Å². The lowest BCUT2D eigenvalue weighted by molar-refractivity contribution is 0.0773. The molecule has 0 N–H and O–H groups in total. The summed E-state index contributed by atoms with van der Waals surface area (Å²) in [6, 6.07) is 13.6. The van der Waals surface area contributed by atoms with Crippen molar-refractivity contribution in [3.8, 4) is 5.69 Å². The maximum Gasteiger partial charge on any atom is 0.293 e. The quantitative estimate of drug-likeness (QED) is 0.667. The second-order valence-corrected chi connectivity index (χ2v) is 6.57. The van der Waals surface area contributed by atoms with Gasteiger partial charge in [0.05, 0.1) is 5.69 Å². The molecule has 0 fully saturated rings. The number of aromatic nitrogens is 3. The van der Waals surface area contributed by atoms with Gasteiger partial charge in [0.1, 0.15) is 11.6 Å². The van der Waals surface area contributed by atoms with Gasteiger partial charge in [0.15, 0.2) is 0 Å². The molecule has 25 heavy (non-hydrogen) atoms. The van der Waals surface area contributed by atoms with Crippen LogP contribution in [0.1, 0.15) is 22.0 Å². The lowest BCUT2D eigenvalue weighted by Crippen LogP contribution is -2.27. The van der Waals surface area contributed by atoms with E-state index >= 15 is 0 Å². The lowest BCUT2D eigenvalue weighted by Gasteiger charge is -2.15. The number of rotatable bonds is 4. The molecule has 0 saturated carbocycles. The molecule has 7 heteroatoms. The summed E-state index contributed by atoms with van der Waals surface area (Å²) >= 11 is 3.39. The average molecular weight is 403 g/mol. The zero-order valence-electron chi connectivity index (χ0n) is 13.8. The fraction of sp³-hybridized carbons (Fsp3) is 0.167. The van der Waals surface area contributed by atoms with Crippen molar-refractivity contribution in [1.82, 2.24) is 19.7 Å². The highest BCUT2D eigenvalue weighted by atomic mass is 79.9. The van der Waals surface area contributed by atoms with Crippen LogP contribution in [0.15, 0.2) is 53.0 Å². The van der Waals surface area contributed by atoms with Crippen LogP contribution in [-0.4, -0.2) is 32.6 Å². The standard InChI is InChI=1S/C18H16BrFN4O/c1-12-21-17(22-24(12)16-9-7-15(20)8-10-16)18(25)23(2)11-13-3-5-14(19)6-4-13/h3-10H,11H2,1-2H3. The van der Waals surface area contributed by atoms with Crippen LogP contribution in [0, 0.1) is 12.7 Å². The summed E-state index contributed by atoms with van der Waals surface area (Å²) < 4.78 is 15.6. The maximum absolute atomic E-state index is 13.1. The first-order valence-corrected chi connectivity index (χ1v) is 8.43. The number of aryl methyl sites for hydroxylation is 1. The first-order chi connectivity index (χ1) is 11.9. The molecule has 2 aromatic carbocycles. The average Bonchev–Trinajstić information content (AvgIpc) is 2.98. The molecule has 0 radical (unpaired) electrons. The van der Waals surface area contributed by atoms with E-state index in [1.54, 1.807) is 31.0 Å². The number of benzene rings is 2. The topological polar surface area (TPSA) is 51.0 Å². The number of halogens is 2.